The summed E-state index contributed by atoms with van der Waals surface area (Å²) in [6.07, 6.45) is 0.937. The van der Waals surface area contributed by atoms with Crippen LogP contribution in [0.3, 0.4) is 0 Å². The molecule has 0 aliphatic carbocycles. The molecule has 8 aromatic carbocycles. The summed E-state index contributed by atoms with van der Waals surface area (Å²) in [4.78, 5) is 0. The summed E-state index contributed by atoms with van der Waals surface area (Å²) < 4.78 is 4.83. The van der Waals surface area contributed by atoms with Gasteiger partial charge in [0.05, 0.1) is 22.1 Å². The van der Waals surface area contributed by atoms with Crippen LogP contribution in [0.25, 0.3) is 77.2 Å². The molecule has 0 atom stereocenters. The van der Waals surface area contributed by atoms with E-state index >= 15 is 0 Å². The van der Waals surface area contributed by atoms with Gasteiger partial charge in [0.25, 0.3) is 0 Å². The molecule has 0 saturated heterocycles. The Kier molecular flexibility index (Phi) is 6.92. The summed E-state index contributed by atoms with van der Waals surface area (Å²) >= 11 is 0. The molecule has 0 aliphatic rings. The Morgan fingerprint density at radius 1 is 0.314 bits per heavy atom. The smallest absolute Gasteiger partial charge is 0.0547 e. The van der Waals surface area contributed by atoms with Gasteiger partial charge in [-0.05, 0) is 88.3 Å². The van der Waals surface area contributed by atoms with E-state index in [1.807, 2.05) is 0 Å². The fraction of sp³-hybridized carbons (Fsp3) is 0.0204. The summed E-state index contributed by atoms with van der Waals surface area (Å²) in [6.45, 7) is 0. The van der Waals surface area contributed by atoms with Crippen molar-refractivity contribution >= 4 is 43.6 Å². The Balaban J connectivity index is 1.12. The van der Waals surface area contributed by atoms with E-state index in [1.165, 1.54) is 82.7 Å². The maximum Gasteiger partial charge on any atom is 0.0547 e. The molecular weight excluding hydrogens is 617 g/mol. The summed E-state index contributed by atoms with van der Waals surface area (Å²) in [6, 6.07) is 70.7. The van der Waals surface area contributed by atoms with Crippen molar-refractivity contribution in [1.82, 2.24) is 9.13 Å². The highest BCUT2D eigenvalue weighted by Gasteiger charge is 2.18. The van der Waals surface area contributed by atoms with E-state index in [-0.39, 0.29) is 0 Å². The Hall–Kier alpha value is -6.64. The first-order valence-corrected chi connectivity index (χ1v) is 17.6. The minimum absolute atomic E-state index is 0.937. The SMILES string of the molecule is c1ccc(Cc2ccc(-c3cccc(-n4c5ccccc5c5c(-c6ccc7c8ccccc8n(-c8ccccc8)c7c6)cccc54)c3)cc2)cc1. The van der Waals surface area contributed by atoms with Crippen molar-refractivity contribution in [2.75, 3.05) is 0 Å². The van der Waals surface area contributed by atoms with Gasteiger partial charge in [0.2, 0.25) is 0 Å². The molecule has 0 aliphatic heterocycles. The van der Waals surface area contributed by atoms with Crippen LogP contribution in [0, 0.1) is 0 Å². The molecular formula is C49H34N2. The quantitative estimate of drug-likeness (QED) is 0.169. The number of benzene rings is 8. The lowest BCUT2D eigenvalue weighted by Crippen LogP contribution is -1.95. The van der Waals surface area contributed by atoms with Gasteiger partial charge >= 0.3 is 0 Å². The van der Waals surface area contributed by atoms with Crippen LogP contribution in [-0.4, -0.2) is 9.13 Å². The van der Waals surface area contributed by atoms with E-state index < -0.39 is 0 Å². The molecule has 10 aromatic rings. The number of hydrogen-bond donors (Lipinski definition) is 0. The summed E-state index contributed by atoms with van der Waals surface area (Å²) in [5.41, 5.74) is 14.7. The van der Waals surface area contributed by atoms with Crippen LogP contribution >= 0.6 is 0 Å². The highest BCUT2D eigenvalue weighted by Crippen LogP contribution is 2.41. The van der Waals surface area contributed by atoms with E-state index in [2.05, 4.69) is 203 Å². The number of nitrogens with zero attached hydrogens (tertiary/aromatic N) is 2. The number of fused-ring (bicyclic) bond motifs is 6. The summed E-state index contributed by atoms with van der Waals surface area (Å²) in [5.74, 6) is 0. The number of rotatable bonds is 6. The molecule has 0 radical (unpaired) electrons. The molecule has 10 rings (SSSR count). The predicted molar refractivity (Wildman–Crippen MR) is 215 cm³/mol. The number of hydrogen-bond acceptors (Lipinski definition) is 0. The highest BCUT2D eigenvalue weighted by atomic mass is 15.0. The molecule has 0 bridgehead atoms. The zero-order chi connectivity index (χ0) is 33.7. The van der Waals surface area contributed by atoms with Crippen LogP contribution in [-0.2, 0) is 6.42 Å². The Morgan fingerprint density at radius 2 is 0.882 bits per heavy atom. The highest BCUT2D eigenvalue weighted by molar-refractivity contribution is 6.17. The van der Waals surface area contributed by atoms with Crippen LogP contribution in [0.5, 0.6) is 0 Å². The molecule has 2 nitrogen and oxygen atoms in total. The lowest BCUT2D eigenvalue weighted by molar-refractivity contribution is 1.18. The fourth-order valence-corrected chi connectivity index (χ4v) is 8.00. The van der Waals surface area contributed by atoms with Gasteiger partial charge in [-0.15, -0.1) is 0 Å². The fourth-order valence-electron chi connectivity index (χ4n) is 8.00. The lowest BCUT2D eigenvalue weighted by atomic mass is 9.98. The molecule has 2 heterocycles. The van der Waals surface area contributed by atoms with E-state index in [4.69, 9.17) is 0 Å². The van der Waals surface area contributed by atoms with Gasteiger partial charge in [-0.1, -0.05) is 146 Å². The van der Waals surface area contributed by atoms with Crippen LogP contribution in [0.2, 0.25) is 0 Å². The third-order valence-corrected chi connectivity index (χ3v) is 10.3. The normalized spacial score (nSPS) is 11.6. The van der Waals surface area contributed by atoms with E-state index in [9.17, 15) is 0 Å². The molecule has 240 valence electrons. The van der Waals surface area contributed by atoms with Crippen molar-refractivity contribution in [2.45, 2.75) is 6.42 Å². The zero-order valence-corrected chi connectivity index (χ0v) is 28.1. The summed E-state index contributed by atoms with van der Waals surface area (Å²) in [7, 11) is 0. The van der Waals surface area contributed by atoms with Crippen molar-refractivity contribution in [3.05, 3.63) is 205 Å². The van der Waals surface area contributed by atoms with Gasteiger partial charge in [0.15, 0.2) is 0 Å². The van der Waals surface area contributed by atoms with Crippen molar-refractivity contribution in [3.63, 3.8) is 0 Å². The van der Waals surface area contributed by atoms with Crippen molar-refractivity contribution in [1.29, 1.82) is 0 Å². The Morgan fingerprint density at radius 3 is 1.69 bits per heavy atom. The summed E-state index contributed by atoms with van der Waals surface area (Å²) in [5, 5.41) is 5.05. The van der Waals surface area contributed by atoms with Crippen LogP contribution < -0.4 is 0 Å². The van der Waals surface area contributed by atoms with Gasteiger partial charge in [-0.2, -0.15) is 0 Å². The van der Waals surface area contributed by atoms with E-state index in [1.54, 1.807) is 0 Å². The van der Waals surface area contributed by atoms with Gasteiger partial charge in [-0.25, -0.2) is 0 Å². The van der Waals surface area contributed by atoms with Gasteiger partial charge in [-0.3, -0.25) is 0 Å². The van der Waals surface area contributed by atoms with Crippen LogP contribution in [0.4, 0.5) is 0 Å². The maximum absolute atomic E-state index is 2.43. The zero-order valence-electron chi connectivity index (χ0n) is 28.1. The molecule has 0 spiro atoms. The second-order valence-electron chi connectivity index (χ2n) is 13.4. The second-order valence-corrected chi connectivity index (χ2v) is 13.4. The van der Waals surface area contributed by atoms with Crippen LogP contribution in [0.1, 0.15) is 11.1 Å². The van der Waals surface area contributed by atoms with Gasteiger partial charge in [0.1, 0.15) is 0 Å². The van der Waals surface area contributed by atoms with Crippen LogP contribution in [0.15, 0.2) is 194 Å². The van der Waals surface area contributed by atoms with E-state index in [0.29, 0.717) is 0 Å². The molecule has 51 heavy (non-hydrogen) atoms. The monoisotopic (exact) mass is 650 g/mol. The van der Waals surface area contributed by atoms with Crippen molar-refractivity contribution in [3.8, 4) is 33.6 Å². The molecule has 0 saturated carbocycles. The lowest BCUT2D eigenvalue weighted by Gasteiger charge is -2.12. The minimum Gasteiger partial charge on any atom is -0.309 e. The first-order chi connectivity index (χ1) is 25.3. The molecule has 0 fully saturated rings. The van der Waals surface area contributed by atoms with Crippen molar-refractivity contribution in [2.24, 2.45) is 0 Å². The molecule has 2 aromatic heterocycles. The van der Waals surface area contributed by atoms with Gasteiger partial charge < -0.3 is 9.13 Å². The number of aromatic nitrogens is 2. The average Bonchev–Trinajstić information content (AvgIpc) is 3.72. The van der Waals surface area contributed by atoms with Gasteiger partial charge in [0, 0.05) is 32.9 Å². The second kappa shape index (κ2) is 12.0. The first kappa shape index (κ1) is 29.3. The van der Waals surface area contributed by atoms with Crippen molar-refractivity contribution < 1.29 is 0 Å². The molecule has 0 amide bonds. The minimum atomic E-state index is 0.937. The maximum atomic E-state index is 2.43. The predicted octanol–water partition coefficient (Wildman–Crippen LogP) is 12.8. The Labute approximate surface area is 297 Å². The largest absolute Gasteiger partial charge is 0.309 e. The Bertz CT molecular complexity index is 2860. The molecule has 2 heteroatoms. The van der Waals surface area contributed by atoms with E-state index in [0.717, 1.165) is 12.1 Å². The topological polar surface area (TPSA) is 9.86 Å². The molecule has 0 unspecified atom stereocenters. The number of para-hydroxylation sites is 3. The first-order valence-electron chi connectivity index (χ1n) is 17.6. The third-order valence-electron chi connectivity index (χ3n) is 10.3. The molecule has 0 N–H and O–H groups in total. The average molecular weight is 651 g/mol. The standard InChI is InChI=1S/C49H34N2/c1-3-13-34(14-4-1)31-35-25-27-36(28-26-35)37-15-11-18-40(32-37)51-46-23-10-8-20-44(46)49-41(21-12-24-47(49)51)38-29-30-43-42-19-7-9-22-45(42)50(48(43)33-38)39-16-5-2-6-17-39/h1-30,32-33H,31H2. The third kappa shape index (κ3) is 4.95.